The molecule has 152 valence electrons. The number of hydrogen-bond donors (Lipinski definition) is 1. The molecule has 0 spiro atoms. The summed E-state index contributed by atoms with van der Waals surface area (Å²) in [6.07, 6.45) is 5.12. The van der Waals surface area contributed by atoms with Gasteiger partial charge in [0.2, 0.25) is 0 Å². The molecule has 0 saturated heterocycles. The molecule has 7 heteroatoms. The van der Waals surface area contributed by atoms with Crippen molar-refractivity contribution in [1.29, 1.82) is 0 Å². The third-order valence-corrected chi connectivity index (χ3v) is 5.24. The minimum atomic E-state index is -0.174. The van der Waals surface area contributed by atoms with E-state index in [1.807, 2.05) is 37.4 Å². The largest absolute Gasteiger partial charge is 0.322 e. The van der Waals surface area contributed by atoms with Crippen molar-refractivity contribution in [2.24, 2.45) is 0 Å². The van der Waals surface area contributed by atoms with Crippen molar-refractivity contribution in [2.45, 2.75) is 52.6 Å². The van der Waals surface area contributed by atoms with Crippen LogP contribution >= 0.6 is 11.3 Å². The van der Waals surface area contributed by atoms with Gasteiger partial charge in [-0.3, -0.25) is 0 Å². The number of urea groups is 1. The molecule has 0 unspecified atom stereocenters. The van der Waals surface area contributed by atoms with E-state index in [0.29, 0.717) is 12.2 Å². The van der Waals surface area contributed by atoms with E-state index in [2.05, 4.69) is 47.1 Å². The molecular formula is C22H27N5OS. The van der Waals surface area contributed by atoms with Gasteiger partial charge in [0.05, 0.1) is 18.1 Å². The number of carbonyl (C=O) groups is 1. The number of hydrogen-bond acceptors (Lipinski definition) is 5. The lowest BCUT2D eigenvalue weighted by atomic mass is 9.96. The first-order valence-electron chi connectivity index (χ1n) is 9.63. The first-order valence-corrected chi connectivity index (χ1v) is 10.5. The molecule has 1 N–H and O–H groups in total. The average molecular weight is 410 g/mol. The molecule has 0 aliphatic heterocycles. The van der Waals surface area contributed by atoms with Crippen LogP contribution in [0.3, 0.4) is 0 Å². The highest BCUT2D eigenvalue weighted by Crippen LogP contribution is 2.24. The van der Waals surface area contributed by atoms with Crippen LogP contribution in [0.5, 0.6) is 0 Å². The van der Waals surface area contributed by atoms with Crippen LogP contribution in [-0.2, 0) is 12.0 Å². The van der Waals surface area contributed by atoms with Gasteiger partial charge >= 0.3 is 6.03 Å². The normalized spacial score (nSPS) is 11.5. The van der Waals surface area contributed by atoms with Gasteiger partial charge in [0.15, 0.2) is 0 Å². The molecule has 6 nitrogen and oxygen atoms in total. The number of amides is 2. The molecule has 2 heterocycles. The minimum Gasteiger partial charge on any atom is -0.318 e. The van der Waals surface area contributed by atoms with Gasteiger partial charge in [0.1, 0.15) is 10.8 Å². The molecule has 3 aromatic rings. The van der Waals surface area contributed by atoms with Gasteiger partial charge in [-0.05, 0) is 25.5 Å². The topological polar surface area (TPSA) is 71.0 Å². The second kappa shape index (κ2) is 8.69. The number of carbonyl (C=O) groups excluding carboxylic acids is 1. The number of thiazole rings is 1. The number of rotatable bonds is 5. The molecule has 0 radical (unpaired) electrons. The Kier molecular flexibility index (Phi) is 6.27. The van der Waals surface area contributed by atoms with Crippen LogP contribution in [0.25, 0.3) is 10.6 Å². The summed E-state index contributed by atoms with van der Waals surface area (Å²) >= 11 is 1.60. The van der Waals surface area contributed by atoms with Crippen LogP contribution in [0, 0.1) is 0 Å². The molecule has 1 aromatic carbocycles. The second-order valence-corrected chi connectivity index (χ2v) is 9.13. The standard InChI is InChI=1S/C22H27N5OS/c1-15(2)27(14-16-7-6-8-17(11-16)19-23-9-10-29-19)21(28)26-18-12-24-20(25-13-18)22(3,4)5/h6-13,15H,14H2,1-5H3,(H,26,28). The quantitative estimate of drug-likeness (QED) is 0.617. The predicted octanol–water partition coefficient (Wildman–Crippen LogP) is 5.34. The Bertz CT molecular complexity index is 946. The number of nitrogens with one attached hydrogen (secondary N) is 1. The van der Waals surface area contributed by atoms with Gasteiger partial charge in [-0.25, -0.2) is 19.7 Å². The van der Waals surface area contributed by atoms with Crippen LogP contribution in [0.1, 0.15) is 46.0 Å². The number of benzene rings is 1. The van der Waals surface area contributed by atoms with E-state index >= 15 is 0 Å². The molecule has 2 aromatic heterocycles. The lowest BCUT2D eigenvalue weighted by molar-refractivity contribution is 0.193. The summed E-state index contributed by atoms with van der Waals surface area (Å²) < 4.78 is 0. The van der Waals surface area contributed by atoms with Crippen LogP contribution in [-0.4, -0.2) is 31.9 Å². The van der Waals surface area contributed by atoms with Gasteiger partial charge in [0.25, 0.3) is 0 Å². The van der Waals surface area contributed by atoms with E-state index in [1.165, 1.54) is 0 Å². The fraction of sp³-hybridized carbons (Fsp3) is 0.364. The summed E-state index contributed by atoms with van der Waals surface area (Å²) in [5, 5.41) is 5.85. The van der Waals surface area contributed by atoms with E-state index < -0.39 is 0 Å². The van der Waals surface area contributed by atoms with Crippen LogP contribution in [0.15, 0.2) is 48.2 Å². The summed E-state index contributed by atoms with van der Waals surface area (Å²) in [6.45, 7) is 10.7. The van der Waals surface area contributed by atoms with Crippen molar-refractivity contribution < 1.29 is 4.79 Å². The van der Waals surface area contributed by atoms with Crippen LogP contribution in [0.2, 0.25) is 0 Å². The Morgan fingerprint density at radius 3 is 2.48 bits per heavy atom. The first kappa shape index (κ1) is 20.9. The highest BCUT2D eigenvalue weighted by atomic mass is 32.1. The molecule has 0 saturated carbocycles. The molecule has 2 amide bonds. The van der Waals surface area contributed by atoms with E-state index in [0.717, 1.165) is 22.0 Å². The van der Waals surface area contributed by atoms with Crippen molar-refractivity contribution >= 4 is 23.1 Å². The molecule has 29 heavy (non-hydrogen) atoms. The Morgan fingerprint density at radius 1 is 1.17 bits per heavy atom. The molecular weight excluding hydrogens is 382 g/mol. The van der Waals surface area contributed by atoms with Gasteiger partial charge in [-0.2, -0.15) is 0 Å². The Balaban J connectivity index is 1.73. The zero-order valence-corrected chi connectivity index (χ0v) is 18.3. The summed E-state index contributed by atoms with van der Waals surface area (Å²) in [7, 11) is 0. The van der Waals surface area contributed by atoms with Gasteiger partial charge in [-0.1, -0.05) is 39.0 Å². The Morgan fingerprint density at radius 2 is 1.90 bits per heavy atom. The molecule has 0 atom stereocenters. The third kappa shape index (κ3) is 5.38. The van der Waals surface area contributed by atoms with Crippen molar-refractivity contribution in [3.8, 4) is 10.6 Å². The van der Waals surface area contributed by atoms with E-state index in [4.69, 9.17) is 0 Å². The Hall–Kier alpha value is -2.80. The summed E-state index contributed by atoms with van der Waals surface area (Å²) in [4.78, 5) is 27.8. The maximum Gasteiger partial charge on any atom is 0.322 e. The molecule has 0 fully saturated rings. The summed E-state index contributed by atoms with van der Waals surface area (Å²) in [6, 6.07) is 8.02. The van der Waals surface area contributed by atoms with Gasteiger partial charge in [-0.15, -0.1) is 11.3 Å². The zero-order valence-electron chi connectivity index (χ0n) is 17.5. The molecule has 0 aliphatic rings. The van der Waals surface area contributed by atoms with Crippen molar-refractivity contribution in [2.75, 3.05) is 5.32 Å². The molecule has 0 bridgehead atoms. The lowest BCUT2D eigenvalue weighted by Gasteiger charge is -2.27. The lowest BCUT2D eigenvalue weighted by Crippen LogP contribution is -2.39. The maximum absolute atomic E-state index is 12.9. The second-order valence-electron chi connectivity index (χ2n) is 8.23. The number of nitrogens with zero attached hydrogens (tertiary/aromatic N) is 4. The number of aromatic nitrogens is 3. The smallest absolute Gasteiger partial charge is 0.318 e. The monoisotopic (exact) mass is 409 g/mol. The minimum absolute atomic E-state index is 0.0354. The van der Waals surface area contributed by atoms with Crippen LogP contribution < -0.4 is 5.32 Å². The van der Waals surface area contributed by atoms with E-state index in [-0.39, 0.29) is 17.5 Å². The van der Waals surface area contributed by atoms with Gasteiger partial charge < -0.3 is 10.2 Å². The summed E-state index contributed by atoms with van der Waals surface area (Å²) in [5.74, 6) is 0.746. The van der Waals surface area contributed by atoms with Crippen molar-refractivity contribution in [3.05, 3.63) is 59.6 Å². The van der Waals surface area contributed by atoms with Crippen molar-refractivity contribution in [1.82, 2.24) is 19.9 Å². The highest BCUT2D eigenvalue weighted by Gasteiger charge is 2.20. The van der Waals surface area contributed by atoms with E-state index in [9.17, 15) is 4.79 Å². The number of anilines is 1. The predicted molar refractivity (Wildman–Crippen MR) is 118 cm³/mol. The third-order valence-electron chi connectivity index (χ3n) is 4.42. The maximum atomic E-state index is 12.9. The summed E-state index contributed by atoms with van der Waals surface area (Å²) in [5.41, 5.74) is 2.58. The van der Waals surface area contributed by atoms with Crippen LogP contribution in [0.4, 0.5) is 10.5 Å². The Labute approximate surface area is 176 Å². The highest BCUT2D eigenvalue weighted by molar-refractivity contribution is 7.13. The SMILES string of the molecule is CC(C)N(Cc1cccc(-c2nccs2)c1)C(=O)Nc1cnc(C(C)(C)C)nc1. The van der Waals surface area contributed by atoms with Gasteiger partial charge in [0, 0.05) is 35.1 Å². The fourth-order valence-corrected chi connectivity index (χ4v) is 3.46. The van der Waals surface area contributed by atoms with Crippen molar-refractivity contribution in [3.63, 3.8) is 0 Å². The average Bonchev–Trinajstić information content (AvgIpc) is 3.20. The first-order chi connectivity index (χ1) is 13.7. The van der Waals surface area contributed by atoms with E-state index in [1.54, 1.807) is 34.8 Å². The molecule has 0 aliphatic carbocycles. The fourth-order valence-electron chi connectivity index (χ4n) is 2.83. The molecule has 3 rings (SSSR count). The zero-order chi connectivity index (χ0) is 21.0.